The third-order valence-corrected chi connectivity index (χ3v) is 4.31. The maximum atomic E-state index is 13.2. The summed E-state index contributed by atoms with van der Waals surface area (Å²) in [5, 5.41) is 10.2. The van der Waals surface area contributed by atoms with E-state index in [4.69, 9.17) is 0 Å². The molecule has 3 rings (SSSR count). The SMILES string of the molecule is O=C(Cn1ccnn1)N[C@H]1CCC[C@@H]1c1ccccc1C(F)(F)F. The number of nitrogens with one attached hydrogen (secondary N) is 1. The van der Waals surface area contributed by atoms with E-state index in [1.54, 1.807) is 12.3 Å². The molecule has 1 aromatic heterocycles. The van der Waals surface area contributed by atoms with Gasteiger partial charge in [-0.3, -0.25) is 4.79 Å². The molecule has 5 nitrogen and oxygen atoms in total. The second-order valence-electron chi connectivity index (χ2n) is 5.90. The summed E-state index contributed by atoms with van der Waals surface area (Å²) in [7, 11) is 0. The summed E-state index contributed by atoms with van der Waals surface area (Å²) in [5.74, 6) is -0.607. The van der Waals surface area contributed by atoms with Crippen LogP contribution in [0.1, 0.15) is 36.3 Å². The molecule has 0 radical (unpaired) electrons. The van der Waals surface area contributed by atoms with Crippen LogP contribution in [0.25, 0.3) is 0 Å². The third kappa shape index (κ3) is 3.58. The van der Waals surface area contributed by atoms with Gasteiger partial charge in [-0.2, -0.15) is 13.2 Å². The van der Waals surface area contributed by atoms with Crippen LogP contribution < -0.4 is 5.32 Å². The molecular weight excluding hydrogens is 321 g/mol. The van der Waals surface area contributed by atoms with Crippen LogP contribution in [0.4, 0.5) is 13.2 Å². The minimum atomic E-state index is -4.39. The molecule has 1 saturated carbocycles. The van der Waals surface area contributed by atoms with Crippen LogP contribution in [0.5, 0.6) is 0 Å². The molecule has 128 valence electrons. The molecule has 1 N–H and O–H groups in total. The molecule has 0 bridgehead atoms. The lowest BCUT2D eigenvalue weighted by molar-refractivity contribution is -0.138. The van der Waals surface area contributed by atoms with E-state index in [0.717, 1.165) is 12.5 Å². The number of halogens is 3. The van der Waals surface area contributed by atoms with Crippen LogP contribution in [-0.4, -0.2) is 26.9 Å². The number of amides is 1. The summed E-state index contributed by atoms with van der Waals surface area (Å²) < 4.78 is 41.1. The van der Waals surface area contributed by atoms with Crippen LogP contribution in [0, 0.1) is 0 Å². The van der Waals surface area contributed by atoms with Gasteiger partial charge in [0.25, 0.3) is 0 Å². The fourth-order valence-electron chi connectivity index (χ4n) is 3.30. The van der Waals surface area contributed by atoms with Crippen molar-refractivity contribution in [1.29, 1.82) is 0 Å². The van der Waals surface area contributed by atoms with Gasteiger partial charge in [-0.1, -0.05) is 29.8 Å². The zero-order chi connectivity index (χ0) is 17.2. The Morgan fingerprint density at radius 1 is 1.29 bits per heavy atom. The number of carbonyl (C=O) groups is 1. The number of alkyl halides is 3. The lowest BCUT2D eigenvalue weighted by atomic mass is 9.89. The van der Waals surface area contributed by atoms with Crippen LogP contribution in [0.2, 0.25) is 0 Å². The van der Waals surface area contributed by atoms with Gasteiger partial charge >= 0.3 is 6.18 Å². The van der Waals surface area contributed by atoms with Crippen molar-refractivity contribution in [3.05, 3.63) is 47.8 Å². The van der Waals surface area contributed by atoms with Gasteiger partial charge in [0, 0.05) is 18.2 Å². The highest BCUT2D eigenvalue weighted by Gasteiger charge is 2.38. The summed E-state index contributed by atoms with van der Waals surface area (Å²) in [6.07, 6.45) is 0.705. The summed E-state index contributed by atoms with van der Waals surface area (Å²) >= 11 is 0. The largest absolute Gasteiger partial charge is 0.416 e. The monoisotopic (exact) mass is 338 g/mol. The molecule has 2 atom stereocenters. The first-order chi connectivity index (χ1) is 11.4. The molecule has 0 saturated heterocycles. The summed E-state index contributed by atoms with van der Waals surface area (Å²) in [6.45, 7) is 0.00410. The fourth-order valence-corrected chi connectivity index (χ4v) is 3.30. The third-order valence-electron chi connectivity index (χ3n) is 4.31. The maximum Gasteiger partial charge on any atom is 0.416 e. The van der Waals surface area contributed by atoms with Crippen LogP contribution in [-0.2, 0) is 17.5 Å². The van der Waals surface area contributed by atoms with E-state index in [-0.39, 0.29) is 30.0 Å². The summed E-state index contributed by atoms with van der Waals surface area (Å²) in [5.41, 5.74) is -0.360. The normalized spacial score (nSPS) is 21.0. The topological polar surface area (TPSA) is 59.8 Å². The van der Waals surface area contributed by atoms with Gasteiger partial charge in [-0.05, 0) is 24.5 Å². The van der Waals surface area contributed by atoms with E-state index >= 15 is 0 Å². The Morgan fingerprint density at radius 3 is 2.79 bits per heavy atom. The zero-order valence-corrected chi connectivity index (χ0v) is 12.8. The first-order valence-corrected chi connectivity index (χ1v) is 7.75. The van der Waals surface area contributed by atoms with Crippen molar-refractivity contribution in [3.63, 3.8) is 0 Å². The smallest absolute Gasteiger partial charge is 0.351 e. The Morgan fingerprint density at radius 2 is 2.08 bits per heavy atom. The number of aromatic nitrogens is 3. The van der Waals surface area contributed by atoms with E-state index in [9.17, 15) is 18.0 Å². The highest BCUT2D eigenvalue weighted by atomic mass is 19.4. The lowest BCUT2D eigenvalue weighted by Crippen LogP contribution is -2.39. The summed E-state index contributed by atoms with van der Waals surface area (Å²) in [6, 6.07) is 5.30. The molecule has 1 aliphatic rings. The van der Waals surface area contributed by atoms with Gasteiger partial charge < -0.3 is 5.32 Å². The van der Waals surface area contributed by atoms with Gasteiger partial charge in [-0.25, -0.2) is 4.68 Å². The highest BCUT2D eigenvalue weighted by Crippen LogP contribution is 2.41. The number of rotatable bonds is 4. The van der Waals surface area contributed by atoms with E-state index in [2.05, 4.69) is 15.6 Å². The zero-order valence-electron chi connectivity index (χ0n) is 12.8. The average molecular weight is 338 g/mol. The molecule has 0 spiro atoms. The van der Waals surface area contributed by atoms with E-state index < -0.39 is 11.7 Å². The molecule has 24 heavy (non-hydrogen) atoms. The Bertz CT molecular complexity index is 700. The number of hydrogen-bond acceptors (Lipinski definition) is 3. The van der Waals surface area contributed by atoms with Crippen LogP contribution >= 0.6 is 0 Å². The average Bonchev–Trinajstić information content (AvgIpc) is 3.18. The molecule has 8 heteroatoms. The predicted octanol–water partition coefficient (Wildman–Crippen LogP) is 2.75. The quantitative estimate of drug-likeness (QED) is 0.932. The van der Waals surface area contributed by atoms with Crippen molar-refractivity contribution >= 4 is 5.91 Å². The number of hydrogen-bond donors (Lipinski definition) is 1. The van der Waals surface area contributed by atoms with E-state index in [0.29, 0.717) is 12.8 Å². The molecule has 1 aromatic carbocycles. The molecule has 1 aliphatic carbocycles. The van der Waals surface area contributed by atoms with Gasteiger partial charge in [0.05, 0.1) is 11.8 Å². The standard InChI is InChI=1S/C16H17F3N4O/c17-16(18,19)13-6-2-1-4-11(13)12-5-3-7-14(12)21-15(24)10-23-9-8-20-22-23/h1-2,4,6,8-9,12,14H,3,5,7,10H2,(H,21,24)/t12-,14+/m1/s1. The van der Waals surface area contributed by atoms with Crippen molar-refractivity contribution in [2.24, 2.45) is 0 Å². The molecule has 2 aromatic rings. The van der Waals surface area contributed by atoms with Gasteiger partial charge in [0.2, 0.25) is 5.91 Å². The van der Waals surface area contributed by atoms with Gasteiger partial charge in [0.1, 0.15) is 6.54 Å². The Kier molecular flexibility index (Phi) is 4.55. The Hall–Kier alpha value is -2.38. The van der Waals surface area contributed by atoms with Gasteiger partial charge in [-0.15, -0.1) is 5.10 Å². The van der Waals surface area contributed by atoms with Crippen molar-refractivity contribution in [3.8, 4) is 0 Å². The lowest BCUT2D eigenvalue weighted by Gasteiger charge is -2.24. The minimum absolute atomic E-state index is 0.00410. The van der Waals surface area contributed by atoms with E-state index in [1.807, 2.05) is 0 Å². The Labute approximate surface area is 136 Å². The van der Waals surface area contributed by atoms with Gasteiger partial charge in [0.15, 0.2) is 0 Å². The maximum absolute atomic E-state index is 13.2. The molecule has 1 fully saturated rings. The molecule has 0 unspecified atom stereocenters. The Balaban J connectivity index is 1.75. The van der Waals surface area contributed by atoms with Crippen molar-refractivity contribution < 1.29 is 18.0 Å². The minimum Gasteiger partial charge on any atom is -0.351 e. The summed E-state index contributed by atoms with van der Waals surface area (Å²) in [4.78, 5) is 12.1. The molecular formula is C16H17F3N4O. The number of carbonyl (C=O) groups excluding carboxylic acids is 1. The fraction of sp³-hybridized carbons (Fsp3) is 0.438. The second-order valence-corrected chi connectivity index (χ2v) is 5.90. The van der Waals surface area contributed by atoms with Crippen LogP contribution in [0.3, 0.4) is 0 Å². The number of nitrogens with zero attached hydrogens (tertiary/aromatic N) is 3. The molecule has 0 aliphatic heterocycles. The first kappa shape index (κ1) is 16.5. The van der Waals surface area contributed by atoms with Crippen molar-refractivity contribution in [2.45, 2.75) is 43.9 Å². The highest BCUT2D eigenvalue weighted by molar-refractivity contribution is 5.76. The number of benzene rings is 1. The molecule has 1 amide bonds. The van der Waals surface area contributed by atoms with Crippen molar-refractivity contribution in [2.75, 3.05) is 0 Å². The first-order valence-electron chi connectivity index (χ1n) is 7.75. The van der Waals surface area contributed by atoms with E-state index in [1.165, 1.54) is 23.0 Å². The predicted molar refractivity (Wildman–Crippen MR) is 80.0 cm³/mol. The van der Waals surface area contributed by atoms with Crippen molar-refractivity contribution in [1.82, 2.24) is 20.3 Å². The van der Waals surface area contributed by atoms with Crippen LogP contribution in [0.15, 0.2) is 36.7 Å². The molecule has 1 heterocycles. The second kappa shape index (κ2) is 6.62.